The summed E-state index contributed by atoms with van der Waals surface area (Å²) in [7, 11) is 0. The van der Waals surface area contributed by atoms with Crippen LogP contribution in [0.25, 0.3) is 0 Å². The van der Waals surface area contributed by atoms with E-state index in [-0.39, 0.29) is 5.91 Å². The molecule has 7 heteroatoms. The molecule has 0 fully saturated rings. The summed E-state index contributed by atoms with van der Waals surface area (Å²) in [5.74, 6) is -0.736. The third kappa shape index (κ3) is 4.85. The molecule has 118 valence electrons. The predicted molar refractivity (Wildman–Crippen MR) is 88.3 cm³/mol. The fourth-order valence-electron chi connectivity index (χ4n) is 1.88. The minimum atomic E-state index is -0.567. The molecule has 4 amide bonds. The van der Waals surface area contributed by atoms with Gasteiger partial charge in [-0.25, -0.2) is 4.79 Å². The number of rotatable bonds is 4. The summed E-state index contributed by atoms with van der Waals surface area (Å²) in [5.41, 5.74) is 7.14. The van der Waals surface area contributed by atoms with Gasteiger partial charge in [-0.1, -0.05) is 6.07 Å². The number of hydrogen-bond acceptors (Lipinski definition) is 3. The Kier molecular flexibility index (Phi) is 4.93. The first-order chi connectivity index (χ1) is 10.9. The van der Waals surface area contributed by atoms with Crippen LogP contribution in [0.15, 0.2) is 48.5 Å². The number of hydrogen-bond donors (Lipinski definition) is 4. The van der Waals surface area contributed by atoms with Crippen LogP contribution in [0.2, 0.25) is 0 Å². The summed E-state index contributed by atoms with van der Waals surface area (Å²) in [4.78, 5) is 34.0. The molecule has 7 nitrogen and oxygen atoms in total. The molecule has 0 heterocycles. The third-order valence-electron chi connectivity index (χ3n) is 2.87. The molecule has 0 aliphatic rings. The van der Waals surface area contributed by atoms with Gasteiger partial charge in [-0.05, 0) is 42.5 Å². The summed E-state index contributed by atoms with van der Waals surface area (Å²) in [6.45, 7) is 1.42. The Morgan fingerprint density at radius 1 is 0.826 bits per heavy atom. The van der Waals surface area contributed by atoms with Gasteiger partial charge in [0.1, 0.15) is 0 Å². The molecule has 23 heavy (non-hydrogen) atoms. The zero-order chi connectivity index (χ0) is 16.8. The maximum absolute atomic E-state index is 11.9. The highest BCUT2D eigenvalue weighted by Crippen LogP contribution is 2.15. The Bertz CT molecular complexity index is 741. The van der Waals surface area contributed by atoms with Crippen molar-refractivity contribution in [2.75, 3.05) is 16.0 Å². The molecule has 5 N–H and O–H groups in total. The van der Waals surface area contributed by atoms with Crippen molar-refractivity contribution >= 4 is 34.9 Å². The molecule has 2 rings (SSSR count). The second-order valence-electron chi connectivity index (χ2n) is 4.78. The highest BCUT2D eigenvalue weighted by Gasteiger charge is 2.05. The fraction of sp³-hybridized carbons (Fsp3) is 0.0625. The van der Waals surface area contributed by atoms with Gasteiger partial charge in [0.15, 0.2) is 0 Å². The van der Waals surface area contributed by atoms with E-state index in [1.807, 2.05) is 0 Å². The zero-order valence-corrected chi connectivity index (χ0v) is 12.4. The standard InChI is InChI=1S/C16H16N4O3/c1-10(21)18-12-5-7-13(8-6-12)19-16(23)20-14-4-2-3-11(9-14)15(17)22/h2-9H,1H3,(H2,17,22)(H,18,21)(H2,19,20,23). The van der Waals surface area contributed by atoms with Crippen molar-refractivity contribution in [3.63, 3.8) is 0 Å². The topological polar surface area (TPSA) is 113 Å². The number of nitrogens with two attached hydrogens (primary N) is 1. The number of benzene rings is 2. The van der Waals surface area contributed by atoms with Crippen LogP contribution in [0.4, 0.5) is 21.9 Å². The lowest BCUT2D eigenvalue weighted by atomic mass is 10.2. The van der Waals surface area contributed by atoms with Crippen molar-refractivity contribution in [3.8, 4) is 0 Å². The Labute approximate surface area is 132 Å². The summed E-state index contributed by atoms with van der Waals surface area (Å²) >= 11 is 0. The molecule has 0 saturated carbocycles. The number of nitrogens with one attached hydrogen (secondary N) is 3. The highest BCUT2D eigenvalue weighted by atomic mass is 16.2. The van der Waals surface area contributed by atoms with E-state index in [0.717, 1.165) is 0 Å². The minimum Gasteiger partial charge on any atom is -0.366 e. The zero-order valence-electron chi connectivity index (χ0n) is 12.4. The van der Waals surface area contributed by atoms with Crippen LogP contribution < -0.4 is 21.7 Å². The largest absolute Gasteiger partial charge is 0.366 e. The SMILES string of the molecule is CC(=O)Nc1ccc(NC(=O)Nc2cccc(C(N)=O)c2)cc1. The number of carbonyl (C=O) groups excluding carboxylic acids is 3. The van der Waals surface area contributed by atoms with Gasteiger partial charge in [-0.3, -0.25) is 9.59 Å². The van der Waals surface area contributed by atoms with Crippen LogP contribution in [0.1, 0.15) is 17.3 Å². The van der Waals surface area contributed by atoms with E-state index in [9.17, 15) is 14.4 Å². The van der Waals surface area contributed by atoms with Crippen LogP contribution in [-0.2, 0) is 4.79 Å². The number of anilines is 3. The van der Waals surface area contributed by atoms with E-state index < -0.39 is 11.9 Å². The molecule has 0 unspecified atom stereocenters. The molecule has 0 spiro atoms. The lowest BCUT2D eigenvalue weighted by molar-refractivity contribution is -0.114. The average Bonchev–Trinajstić information content (AvgIpc) is 2.49. The van der Waals surface area contributed by atoms with E-state index >= 15 is 0 Å². The van der Waals surface area contributed by atoms with Crippen LogP contribution in [0, 0.1) is 0 Å². The number of primary amides is 1. The van der Waals surface area contributed by atoms with E-state index in [4.69, 9.17) is 5.73 Å². The van der Waals surface area contributed by atoms with Gasteiger partial charge in [0, 0.05) is 29.5 Å². The van der Waals surface area contributed by atoms with Crippen LogP contribution in [0.5, 0.6) is 0 Å². The second kappa shape index (κ2) is 7.08. The average molecular weight is 312 g/mol. The molecular weight excluding hydrogens is 296 g/mol. The molecule has 0 bridgehead atoms. The predicted octanol–water partition coefficient (Wildman–Crippen LogP) is 2.39. The molecule has 0 aliphatic heterocycles. The molecule has 0 aliphatic carbocycles. The fourth-order valence-corrected chi connectivity index (χ4v) is 1.88. The molecule has 2 aromatic carbocycles. The second-order valence-corrected chi connectivity index (χ2v) is 4.78. The molecule has 0 saturated heterocycles. The quantitative estimate of drug-likeness (QED) is 0.695. The normalized spacial score (nSPS) is 9.78. The number of amides is 4. The van der Waals surface area contributed by atoms with E-state index in [1.54, 1.807) is 42.5 Å². The Hall–Kier alpha value is -3.35. The Morgan fingerprint density at radius 3 is 1.96 bits per heavy atom. The monoisotopic (exact) mass is 312 g/mol. The third-order valence-corrected chi connectivity index (χ3v) is 2.87. The Balaban J connectivity index is 1.98. The smallest absolute Gasteiger partial charge is 0.323 e. The van der Waals surface area contributed by atoms with Gasteiger partial charge in [0.05, 0.1) is 0 Å². The summed E-state index contributed by atoms with van der Waals surface area (Å²) in [6, 6.07) is 12.5. The van der Waals surface area contributed by atoms with Crippen LogP contribution in [0.3, 0.4) is 0 Å². The molecule has 2 aromatic rings. The van der Waals surface area contributed by atoms with Gasteiger partial charge in [0.25, 0.3) is 0 Å². The molecule has 0 aromatic heterocycles. The van der Waals surface area contributed by atoms with E-state index in [2.05, 4.69) is 16.0 Å². The highest BCUT2D eigenvalue weighted by molar-refractivity contribution is 6.01. The number of carbonyl (C=O) groups is 3. The van der Waals surface area contributed by atoms with Gasteiger partial charge in [0.2, 0.25) is 11.8 Å². The summed E-state index contributed by atoms with van der Waals surface area (Å²) in [5, 5.41) is 7.88. The number of urea groups is 1. The first kappa shape index (κ1) is 16.0. The molecule has 0 atom stereocenters. The van der Waals surface area contributed by atoms with Crippen molar-refractivity contribution in [3.05, 3.63) is 54.1 Å². The minimum absolute atomic E-state index is 0.169. The van der Waals surface area contributed by atoms with Crippen LogP contribution in [-0.4, -0.2) is 17.8 Å². The van der Waals surface area contributed by atoms with Crippen molar-refractivity contribution in [1.82, 2.24) is 0 Å². The van der Waals surface area contributed by atoms with Gasteiger partial charge in [-0.15, -0.1) is 0 Å². The first-order valence-corrected chi connectivity index (χ1v) is 6.79. The van der Waals surface area contributed by atoms with Crippen LogP contribution >= 0.6 is 0 Å². The van der Waals surface area contributed by atoms with Gasteiger partial charge >= 0.3 is 6.03 Å². The summed E-state index contributed by atoms with van der Waals surface area (Å²) < 4.78 is 0. The van der Waals surface area contributed by atoms with E-state index in [0.29, 0.717) is 22.6 Å². The lowest BCUT2D eigenvalue weighted by Crippen LogP contribution is -2.20. The van der Waals surface area contributed by atoms with Gasteiger partial charge < -0.3 is 21.7 Å². The first-order valence-electron chi connectivity index (χ1n) is 6.79. The Morgan fingerprint density at radius 2 is 1.39 bits per heavy atom. The van der Waals surface area contributed by atoms with Crippen molar-refractivity contribution < 1.29 is 14.4 Å². The maximum atomic E-state index is 11.9. The van der Waals surface area contributed by atoms with Crippen molar-refractivity contribution in [2.45, 2.75) is 6.92 Å². The lowest BCUT2D eigenvalue weighted by Gasteiger charge is -2.09. The molecular formula is C16H16N4O3. The van der Waals surface area contributed by atoms with Crippen molar-refractivity contribution in [2.24, 2.45) is 5.73 Å². The molecule has 0 radical (unpaired) electrons. The van der Waals surface area contributed by atoms with E-state index in [1.165, 1.54) is 13.0 Å². The van der Waals surface area contributed by atoms with Gasteiger partial charge in [-0.2, -0.15) is 0 Å². The summed E-state index contributed by atoms with van der Waals surface area (Å²) in [6.07, 6.45) is 0. The van der Waals surface area contributed by atoms with Crippen molar-refractivity contribution in [1.29, 1.82) is 0 Å². The maximum Gasteiger partial charge on any atom is 0.323 e.